The first-order valence-corrected chi connectivity index (χ1v) is 6.55. The molecular weight excluding hydrogens is 184 g/mol. The summed E-state index contributed by atoms with van der Waals surface area (Å²) in [5.74, 6) is 0.846. The molecule has 2 N–H and O–H groups in total. The van der Waals surface area contributed by atoms with Crippen LogP contribution in [0.5, 0.6) is 0 Å². The second-order valence-electron chi connectivity index (χ2n) is 5.59. The van der Waals surface area contributed by atoms with Crippen molar-refractivity contribution in [1.82, 2.24) is 4.90 Å². The Morgan fingerprint density at radius 3 is 2.33 bits per heavy atom. The standard InChI is InChI=1S/C13H28N2/c1-11(2)5-4-10-15(3)13-8-6-12(14)7-9-13/h11-13H,4-10,14H2,1-3H3. The highest BCUT2D eigenvalue weighted by Gasteiger charge is 2.21. The van der Waals surface area contributed by atoms with Crippen LogP contribution in [-0.2, 0) is 0 Å². The van der Waals surface area contributed by atoms with Crippen molar-refractivity contribution >= 4 is 0 Å². The first-order chi connectivity index (χ1) is 7.09. The number of nitrogens with zero attached hydrogens (tertiary/aromatic N) is 1. The molecule has 15 heavy (non-hydrogen) atoms. The van der Waals surface area contributed by atoms with E-state index < -0.39 is 0 Å². The lowest BCUT2D eigenvalue weighted by molar-refractivity contribution is 0.178. The molecule has 1 aliphatic carbocycles. The first-order valence-electron chi connectivity index (χ1n) is 6.55. The van der Waals surface area contributed by atoms with Crippen LogP contribution in [0.4, 0.5) is 0 Å². The van der Waals surface area contributed by atoms with E-state index in [0.717, 1.165) is 12.0 Å². The van der Waals surface area contributed by atoms with Crippen LogP contribution in [0.2, 0.25) is 0 Å². The molecule has 0 radical (unpaired) electrons. The lowest BCUT2D eigenvalue weighted by Crippen LogP contribution is -2.39. The van der Waals surface area contributed by atoms with Crippen molar-refractivity contribution in [2.45, 2.75) is 64.5 Å². The largest absolute Gasteiger partial charge is 0.328 e. The van der Waals surface area contributed by atoms with E-state index in [1.54, 1.807) is 0 Å². The second-order valence-corrected chi connectivity index (χ2v) is 5.59. The summed E-state index contributed by atoms with van der Waals surface area (Å²) in [6.07, 6.45) is 7.75. The van der Waals surface area contributed by atoms with Crippen molar-refractivity contribution in [2.24, 2.45) is 11.7 Å². The maximum Gasteiger partial charge on any atom is 0.00933 e. The van der Waals surface area contributed by atoms with Crippen molar-refractivity contribution in [3.05, 3.63) is 0 Å². The Morgan fingerprint density at radius 1 is 1.20 bits per heavy atom. The fourth-order valence-corrected chi connectivity index (χ4v) is 2.47. The van der Waals surface area contributed by atoms with Gasteiger partial charge in [-0.1, -0.05) is 13.8 Å². The molecule has 1 rings (SSSR count). The third-order valence-corrected chi connectivity index (χ3v) is 3.66. The summed E-state index contributed by atoms with van der Waals surface area (Å²) in [4.78, 5) is 2.55. The van der Waals surface area contributed by atoms with Crippen molar-refractivity contribution in [3.8, 4) is 0 Å². The zero-order chi connectivity index (χ0) is 11.3. The van der Waals surface area contributed by atoms with Crippen molar-refractivity contribution in [3.63, 3.8) is 0 Å². The fraction of sp³-hybridized carbons (Fsp3) is 1.00. The normalized spacial score (nSPS) is 27.6. The van der Waals surface area contributed by atoms with E-state index in [0.29, 0.717) is 6.04 Å². The highest BCUT2D eigenvalue weighted by atomic mass is 15.1. The maximum absolute atomic E-state index is 5.92. The molecule has 1 fully saturated rings. The van der Waals surface area contributed by atoms with E-state index in [-0.39, 0.29) is 0 Å². The Balaban J connectivity index is 2.13. The molecule has 2 nitrogen and oxygen atoms in total. The van der Waals surface area contributed by atoms with Gasteiger partial charge >= 0.3 is 0 Å². The summed E-state index contributed by atoms with van der Waals surface area (Å²) in [5.41, 5.74) is 5.92. The number of rotatable bonds is 5. The van der Waals surface area contributed by atoms with E-state index in [1.807, 2.05) is 0 Å². The third kappa shape index (κ3) is 4.98. The maximum atomic E-state index is 5.92. The Labute approximate surface area is 95.2 Å². The van der Waals surface area contributed by atoms with Crippen LogP contribution < -0.4 is 5.73 Å². The molecule has 0 atom stereocenters. The predicted molar refractivity (Wildman–Crippen MR) is 66.9 cm³/mol. The molecule has 0 bridgehead atoms. The van der Waals surface area contributed by atoms with E-state index in [4.69, 9.17) is 5.73 Å². The van der Waals surface area contributed by atoms with E-state index >= 15 is 0 Å². The Kier molecular flexibility index (Phi) is 5.62. The van der Waals surface area contributed by atoms with E-state index in [2.05, 4.69) is 25.8 Å². The molecule has 2 heteroatoms. The fourth-order valence-electron chi connectivity index (χ4n) is 2.47. The molecule has 0 aromatic heterocycles. The smallest absolute Gasteiger partial charge is 0.00933 e. The highest BCUT2D eigenvalue weighted by Crippen LogP contribution is 2.21. The van der Waals surface area contributed by atoms with Gasteiger partial charge in [-0.2, -0.15) is 0 Å². The second kappa shape index (κ2) is 6.49. The van der Waals surface area contributed by atoms with Crippen molar-refractivity contribution < 1.29 is 0 Å². The zero-order valence-electron chi connectivity index (χ0n) is 10.7. The minimum atomic E-state index is 0.477. The van der Waals surface area contributed by atoms with Gasteiger partial charge in [0.15, 0.2) is 0 Å². The molecule has 0 aromatic rings. The third-order valence-electron chi connectivity index (χ3n) is 3.66. The summed E-state index contributed by atoms with van der Waals surface area (Å²) >= 11 is 0. The lowest BCUT2D eigenvalue weighted by atomic mass is 9.91. The summed E-state index contributed by atoms with van der Waals surface area (Å²) in [7, 11) is 2.28. The molecule has 0 spiro atoms. The van der Waals surface area contributed by atoms with Gasteiger partial charge in [0.25, 0.3) is 0 Å². The molecule has 1 saturated carbocycles. The Hall–Kier alpha value is -0.0800. The molecule has 0 aliphatic heterocycles. The minimum absolute atomic E-state index is 0.477. The molecule has 0 aromatic carbocycles. The Morgan fingerprint density at radius 2 is 1.80 bits per heavy atom. The van der Waals surface area contributed by atoms with Gasteiger partial charge in [0, 0.05) is 12.1 Å². The van der Waals surface area contributed by atoms with Gasteiger partial charge in [-0.25, -0.2) is 0 Å². The number of hydrogen-bond donors (Lipinski definition) is 1. The zero-order valence-corrected chi connectivity index (χ0v) is 10.7. The molecule has 0 amide bonds. The summed E-state index contributed by atoms with van der Waals surface area (Å²) in [5, 5.41) is 0. The Bertz CT molecular complexity index is 160. The van der Waals surface area contributed by atoms with Crippen LogP contribution in [0, 0.1) is 5.92 Å². The van der Waals surface area contributed by atoms with E-state index in [1.165, 1.54) is 45.1 Å². The topological polar surface area (TPSA) is 29.3 Å². The van der Waals surface area contributed by atoms with Gasteiger partial charge in [0.2, 0.25) is 0 Å². The van der Waals surface area contributed by atoms with E-state index in [9.17, 15) is 0 Å². The van der Waals surface area contributed by atoms with Crippen LogP contribution in [0.3, 0.4) is 0 Å². The number of nitrogens with two attached hydrogens (primary N) is 1. The molecule has 0 saturated heterocycles. The van der Waals surface area contributed by atoms with Crippen LogP contribution in [0.15, 0.2) is 0 Å². The predicted octanol–water partition coefficient (Wildman–Crippen LogP) is 2.62. The van der Waals surface area contributed by atoms with Gasteiger partial charge in [-0.05, 0) is 58.0 Å². The number of hydrogen-bond acceptors (Lipinski definition) is 2. The molecule has 0 heterocycles. The molecule has 1 aliphatic rings. The SMILES string of the molecule is CC(C)CCCN(C)C1CCC(N)CC1. The molecular formula is C13H28N2. The molecule has 0 unspecified atom stereocenters. The minimum Gasteiger partial charge on any atom is -0.328 e. The first kappa shape index (κ1) is 13.0. The average Bonchev–Trinajstić information content (AvgIpc) is 2.18. The van der Waals surface area contributed by atoms with Gasteiger partial charge in [0.05, 0.1) is 0 Å². The van der Waals surface area contributed by atoms with Gasteiger partial charge in [-0.3, -0.25) is 0 Å². The van der Waals surface area contributed by atoms with Crippen LogP contribution in [0.1, 0.15) is 52.4 Å². The summed E-state index contributed by atoms with van der Waals surface area (Å²) in [6, 6.07) is 1.28. The molecule has 90 valence electrons. The van der Waals surface area contributed by atoms with Gasteiger partial charge < -0.3 is 10.6 Å². The summed E-state index contributed by atoms with van der Waals surface area (Å²) in [6.45, 7) is 5.87. The van der Waals surface area contributed by atoms with Crippen molar-refractivity contribution in [1.29, 1.82) is 0 Å². The highest BCUT2D eigenvalue weighted by molar-refractivity contribution is 4.79. The lowest BCUT2D eigenvalue weighted by Gasteiger charge is -2.33. The quantitative estimate of drug-likeness (QED) is 0.759. The monoisotopic (exact) mass is 212 g/mol. The van der Waals surface area contributed by atoms with Crippen LogP contribution >= 0.6 is 0 Å². The van der Waals surface area contributed by atoms with Gasteiger partial charge in [0.1, 0.15) is 0 Å². The van der Waals surface area contributed by atoms with Crippen LogP contribution in [0.25, 0.3) is 0 Å². The van der Waals surface area contributed by atoms with Gasteiger partial charge in [-0.15, -0.1) is 0 Å². The van der Waals surface area contributed by atoms with Crippen molar-refractivity contribution in [2.75, 3.05) is 13.6 Å². The van der Waals surface area contributed by atoms with Crippen LogP contribution in [-0.4, -0.2) is 30.6 Å². The summed E-state index contributed by atoms with van der Waals surface area (Å²) < 4.78 is 0. The average molecular weight is 212 g/mol.